The van der Waals surface area contributed by atoms with Gasteiger partial charge in [-0.05, 0) is 55.8 Å². The van der Waals surface area contributed by atoms with Crippen LogP contribution in [0, 0.1) is 5.92 Å². The normalized spacial score (nSPS) is 23.7. The van der Waals surface area contributed by atoms with E-state index in [0.29, 0.717) is 13.0 Å². The molecule has 2 fully saturated rings. The molecule has 2 amide bonds. The van der Waals surface area contributed by atoms with Gasteiger partial charge < -0.3 is 10.1 Å². The van der Waals surface area contributed by atoms with E-state index < -0.39 is 12.1 Å². The second kappa shape index (κ2) is 8.54. The van der Waals surface area contributed by atoms with E-state index in [0.717, 1.165) is 37.7 Å². The van der Waals surface area contributed by atoms with Gasteiger partial charge in [-0.2, -0.15) is 0 Å². The van der Waals surface area contributed by atoms with Gasteiger partial charge in [0.15, 0.2) is 0 Å². The summed E-state index contributed by atoms with van der Waals surface area (Å²) in [6, 6.07) is 7.58. The molecule has 2 aliphatic heterocycles. The zero-order chi connectivity index (χ0) is 18.5. The largest absolute Gasteiger partial charge is 0.453 e. The van der Waals surface area contributed by atoms with Gasteiger partial charge in [-0.3, -0.25) is 14.6 Å². The number of piperidine rings is 1. The molecule has 1 aromatic carbocycles. The Bertz CT molecular complexity index is 632. The molecule has 0 bridgehead atoms. The zero-order valence-corrected chi connectivity index (χ0v) is 15.7. The highest BCUT2D eigenvalue weighted by atomic mass is 16.5. The monoisotopic (exact) mass is 359 g/mol. The van der Waals surface area contributed by atoms with E-state index in [1.54, 1.807) is 0 Å². The number of rotatable bonds is 4. The molecule has 2 aliphatic rings. The van der Waals surface area contributed by atoms with Crippen molar-refractivity contribution >= 4 is 17.7 Å². The average molecular weight is 359 g/mol. The molecular formula is C20H29N3O3. The highest BCUT2D eigenvalue weighted by Crippen LogP contribution is 2.21. The Morgan fingerprint density at radius 3 is 2.58 bits per heavy atom. The maximum atomic E-state index is 12.5. The van der Waals surface area contributed by atoms with Crippen molar-refractivity contribution in [3.05, 3.63) is 29.8 Å². The van der Waals surface area contributed by atoms with Gasteiger partial charge in [0.2, 0.25) is 5.91 Å². The van der Waals surface area contributed by atoms with E-state index in [4.69, 9.17) is 4.74 Å². The van der Waals surface area contributed by atoms with E-state index in [2.05, 4.69) is 29.3 Å². The van der Waals surface area contributed by atoms with E-state index in [1.807, 2.05) is 12.1 Å². The van der Waals surface area contributed by atoms with Gasteiger partial charge in [-0.1, -0.05) is 19.1 Å². The van der Waals surface area contributed by atoms with Crippen molar-refractivity contribution in [2.75, 3.05) is 32.1 Å². The Morgan fingerprint density at radius 2 is 1.88 bits per heavy atom. The molecule has 6 heteroatoms. The van der Waals surface area contributed by atoms with Crippen LogP contribution in [0.5, 0.6) is 0 Å². The van der Waals surface area contributed by atoms with Crippen molar-refractivity contribution in [1.29, 1.82) is 0 Å². The number of benzene rings is 1. The summed E-state index contributed by atoms with van der Waals surface area (Å²) in [5.74, 6) is 0.622. The van der Waals surface area contributed by atoms with Gasteiger partial charge in [0.1, 0.15) is 6.04 Å². The second-order valence-corrected chi connectivity index (χ2v) is 7.49. The minimum Gasteiger partial charge on any atom is -0.453 e. The standard InChI is InChI=1S/C20H29N3O3/c1-15-5-3-11-22(13-15)14-16-7-9-17(10-8-16)21-19(24)18-6-4-12-23(18)20(25)26-2/h7-10,15,18H,3-6,11-14H2,1-2H3,(H,21,24). The Kier molecular flexibility index (Phi) is 6.14. The highest BCUT2D eigenvalue weighted by Gasteiger charge is 2.34. The third-order valence-corrected chi connectivity index (χ3v) is 5.33. The quantitative estimate of drug-likeness (QED) is 0.897. The van der Waals surface area contributed by atoms with Crippen molar-refractivity contribution in [2.45, 2.75) is 45.2 Å². The van der Waals surface area contributed by atoms with Crippen LogP contribution in [0.3, 0.4) is 0 Å². The maximum Gasteiger partial charge on any atom is 0.410 e. The van der Waals surface area contributed by atoms with Crippen LogP contribution in [-0.4, -0.2) is 54.6 Å². The molecule has 2 atom stereocenters. The summed E-state index contributed by atoms with van der Waals surface area (Å²) in [4.78, 5) is 28.3. The van der Waals surface area contributed by atoms with Crippen molar-refractivity contribution in [3.8, 4) is 0 Å². The van der Waals surface area contributed by atoms with Crippen LogP contribution in [0.15, 0.2) is 24.3 Å². The lowest BCUT2D eigenvalue weighted by atomic mass is 10.00. The molecule has 2 heterocycles. The maximum absolute atomic E-state index is 12.5. The lowest BCUT2D eigenvalue weighted by Crippen LogP contribution is -2.43. The summed E-state index contributed by atoms with van der Waals surface area (Å²) in [6.45, 7) is 6.15. The first-order valence-electron chi connectivity index (χ1n) is 9.53. The number of nitrogens with one attached hydrogen (secondary N) is 1. The number of hydrogen-bond acceptors (Lipinski definition) is 4. The SMILES string of the molecule is COC(=O)N1CCCC1C(=O)Nc1ccc(CN2CCCC(C)C2)cc1. The minimum atomic E-state index is -0.447. The van der Waals surface area contributed by atoms with Crippen LogP contribution in [0.1, 0.15) is 38.2 Å². The topological polar surface area (TPSA) is 61.9 Å². The third-order valence-electron chi connectivity index (χ3n) is 5.33. The van der Waals surface area contributed by atoms with Crippen LogP contribution in [0.25, 0.3) is 0 Å². The molecule has 26 heavy (non-hydrogen) atoms. The van der Waals surface area contributed by atoms with Crippen LogP contribution in [-0.2, 0) is 16.1 Å². The molecule has 0 aliphatic carbocycles. The summed E-state index contributed by atoms with van der Waals surface area (Å²) >= 11 is 0. The van der Waals surface area contributed by atoms with Gasteiger partial charge in [0.05, 0.1) is 7.11 Å². The number of likely N-dealkylation sites (tertiary alicyclic amines) is 2. The van der Waals surface area contributed by atoms with Crippen LogP contribution in [0.4, 0.5) is 10.5 Å². The van der Waals surface area contributed by atoms with Crippen molar-refractivity contribution < 1.29 is 14.3 Å². The lowest BCUT2D eigenvalue weighted by molar-refractivity contribution is -0.119. The van der Waals surface area contributed by atoms with E-state index in [1.165, 1.54) is 30.4 Å². The summed E-state index contributed by atoms with van der Waals surface area (Å²) < 4.78 is 4.76. The first kappa shape index (κ1) is 18.7. The fraction of sp³-hybridized carbons (Fsp3) is 0.600. The van der Waals surface area contributed by atoms with Gasteiger partial charge in [0.25, 0.3) is 0 Å². The first-order valence-corrected chi connectivity index (χ1v) is 9.53. The van der Waals surface area contributed by atoms with Gasteiger partial charge >= 0.3 is 6.09 Å². The molecule has 0 aromatic heterocycles. The second-order valence-electron chi connectivity index (χ2n) is 7.49. The Morgan fingerprint density at radius 1 is 1.15 bits per heavy atom. The fourth-order valence-electron chi connectivity index (χ4n) is 3.98. The predicted octanol–water partition coefficient (Wildman–Crippen LogP) is 3.09. The summed E-state index contributed by atoms with van der Waals surface area (Å²) in [6.07, 6.45) is 3.65. The number of nitrogens with zero attached hydrogens (tertiary/aromatic N) is 2. The first-order chi connectivity index (χ1) is 12.6. The smallest absolute Gasteiger partial charge is 0.410 e. The van der Waals surface area contributed by atoms with Crippen LogP contribution >= 0.6 is 0 Å². The third kappa shape index (κ3) is 4.55. The molecule has 142 valence electrons. The van der Waals surface area contributed by atoms with Crippen molar-refractivity contribution in [1.82, 2.24) is 9.80 Å². The van der Waals surface area contributed by atoms with Gasteiger partial charge in [0, 0.05) is 25.3 Å². The minimum absolute atomic E-state index is 0.148. The van der Waals surface area contributed by atoms with Crippen molar-refractivity contribution in [3.63, 3.8) is 0 Å². The molecule has 1 aromatic rings. The summed E-state index contributed by atoms with van der Waals surface area (Å²) in [5, 5.41) is 2.93. The number of carbonyl (C=O) groups is 2. The lowest BCUT2D eigenvalue weighted by Gasteiger charge is -2.30. The predicted molar refractivity (Wildman–Crippen MR) is 101 cm³/mol. The molecule has 2 unspecified atom stereocenters. The summed E-state index contributed by atoms with van der Waals surface area (Å²) in [7, 11) is 1.34. The van der Waals surface area contributed by atoms with E-state index in [9.17, 15) is 9.59 Å². The Labute approximate surface area is 155 Å². The molecule has 0 spiro atoms. The molecule has 0 radical (unpaired) electrons. The van der Waals surface area contributed by atoms with Crippen LogP contribution < -0.4 is 5.32 Å². The summed E-state index contributed by atoms with van der Waals surface area (Å²) in [5.41, 5.74) is 2.02. The number of carbonyl (C=O) groups excluding carboxylic acids is 2. The number of hydrogen-bond donors (Lipinski definition) is 1. The molecular weight excluding hydrogens is 330 g/mol. The Balaban J connectivity index is 1.55. The molecule has 3 rings (SSSR count). The van der Waals surface area contributed by atoms with E-state index in [-0.39, 0.29) is 5.91 Å². The number of amides is 2. The number of ether oxygens (including phenoxy) is 1. The highest BCUT2D eigenvalue weighted by molar-refractivity contribution is 5.96. The van der Waals surface area contributed by atoms with E-state index >= 15 is 0 Å². The van der Waals surface area contributed by atoms with Gasteiger partial charge in [-0.15, -0.1) is 0 Å². The van der Waals surface area contributed by atoms with Crippen LogP contribution in [0.2, 0.25) is 0 Å². The average Bonchev–Trinajstić information content (AvgIpc) is 3.13. The Hall–Kier alpha value is -2.08. The molecule has 2 saturated heterocycles. The van der Waals surface area contributed by atoms with Gasteiger partial charge in [-0.25, -0.2) is 4.79 Å². The molecule has 6 nitrogen and oxygen atoms in total. The zero-order valence-electron chi connectivity index (χ0n) is 15.7. The number of methoxy groups -OCH3 is 1. The number of anilines is 1. The fourth-order valence-corrected chi connectivity index (χ4v) is 3.98. The van der Waals surface area contributed by atoms with Crippen molar-refractivity contribution in [2.24, 2.45) is 5.92 Å². The molecule has 0 saturated carbocycles. The molecule has 1 N–H and O–H groups in total.